The van der Waals surface area contributed by atoms with Crippen molar-refractivity contribution in [2.45, 2.75) is 19.8 Å². The maximum absolute atomic E-state index is 12.1. The van der Waals surface area contributed by atoms with Crippen LogP contribution in [0.15, 0.2) is 16.7 Å². The number of rotatable bonds is 2. The van der Waals surface area contributed by atoms with Gasteiger partial charge in [0.15, 0.2) is 5.76 Å². The molecule has 0 bridgehead atoms. The van der Waals surface area contributed by atoms with E-state index in [9.17, 15) is 4.79 Å². The highest BCUT2D eigenvalue weighted by Gasteiger charge is 2.25. The van der Waals surface area contributed by atoms with Crippen LogP contribution >= 0.6 is 0 Å². The summed E-state index contributed by atoms with van der Waals surface area (Å²) in [5.74, 6) is 1.06. The first-order chi connectivity index (χ1) is 7.72. The highest BCUT2D eigenvalue weighted by Crippen LogP contribution is 2.19. The highest BCUT2D eigenvalue weighted by atomic mass is 16.3. The number of furan rings is 1. The number of carbonyl (C=O) groups is 1. The van der Waals surface area contributed by atoms with Crippen molar-refractivity contribution in [1.29, 1.82) is 0 Å². The van der Waals surface area contributed by atoms with Crippen LogP contribution in [0.25, 0.3) is 0 Å². The zero-order chi connectivity index (χ0) is 11.5. The minimum Gasteiger partial charge on any atom is -0.459 e. The lowest BCUT2D eigenvalue weighted by atomic mass is 9.97. The molecule has 1 fully saturated rings. The number of likely N-dealkylation sites (tertiary alicyclic amines) is 1. The van der Waals surface area contributed by atoms with E-state index in [0.29, 0.717) is 11.7 Å². The minimum absolute atomic E-state index is 0.0120. The summed E-state index contributed by atoms with van der Waals surface area (Å²) in [4.78, 5) is 13.9. The first-order valence-corrected chi connectivity index (χ1v) is 5.76. The average Bonchev–Trinajstić information content (AvgIpc) is 2.75. The third-order valence-electron chi connectivity index (χ3n) is 3.29. The molecule has 1 aliphatic rings. The first kappa shape index (κ1) is 11.2. The molecule has 1 aliphatic heterocycles. The zero-order valence-electron chi connectivity index (χ0n) is 9.61. The van der Waals surface area contributed by atoms with Gasteiger partial charge in [-0.3, -0.25) is 4.79 Å². The molecular formula is C12H18N2O2. The Bertz CT molecular complexity index is 365. The van der Waals surface area contributed by atoms with Crippen molar-refractivity contribution in [3.05, 3.63) is 23.7 Å². The number of hydrogen-bond donors (Lipinski definition) is 1. The molecule has 1 aromatic rings. The number of nitrogens with zero attached hydrogens (tertiary/aromatic N) is 1. The molecule has 2 N–H and O–H groups in total. The summed E-state index contributed by atoms with van der Waals surface area (Å²) in [5, 5.41) is 0. The monoisotopic (exact) mass is 222 g/mol. The van der Waals surface area contributed by atoms with Crippen LogP contribution < -0.4 is 5.73 Å². The fraction of sp³-hybridized carbons (Fsp3) is 0.583. The lowest BCUT2D eigenvalue weighted by Gasteiger charge is -2.30. The quantitative estimate of drug-likeness (QED) is 0.822. The van der Waals surface area contributed by atoms with Gasteiger partial charge in [0.25, 0.3) is 5.91 Å². The maximum Gasteiger partial charge on any atom is 0.289 e. The molecule has 4 nitrogen and oxygen atoms in total. The third kappa shape index (κ3) is 2.11. The molecule has 0 aliphatic carbocycles. The first-order valence-electron chi connectivity index (χ1n) is 5.76. The molecule has 0 saturated carbocycles. The van der Waals surface area contributed by atoms with Crippen molar-refractivity contribution in [1.82, 2.24) is 4.90 Å². The van der Waals surface area contributed by atoms with Crippen LogP contribution in [-0.2, 0) is 0 Å². The lowest BCUT2D eigenvalue weighted by Crippen LogP contribution is -2.40. The van der Waals surface area contributed by atoms with Crippen LogP contribution in [0.3, 0.4) is 0 Å². The van der Waals surface area contributed by atoms with Gasteiger partial charge in [0, 0.05) is 18.7 Å². The summed E-state index contributed by atoms with van der Waals surface area (Å²) in [6, 6.07) is 1.82. The van der Waals surface area contributed by atoms with E-state index in [0.717, 1.165) is 38.0 Å². The van der Waals surface area contributed by atoms with E-state index in [1.165, 1.54) is 0 Å². The van der Waals surface area contributed by atoms with Gasteiger partial charge in [-0.25, -0.2) is 0 Å². The Kier molecular flexibility index (Phi) is 3.29. The fourth-order valence-electron chi connectivity index (χ4n) is 2.11. The van der Waals surface area contributed by atoms with Crippen LogP contribution in [-0.4, -0.2) is 30.4 Å². The Morgan fingerprint density at radius 1 is 1.56 bits per heavy atom. The largest absolute Gasteiger partial charge is 0.459 e. The number of nitrogens with two attached hydrogens (primary N) is 1. The normalized spacial score (nSPS) is 17.8. The standard InChI is InChI=1S/C12H18N2O2/c1-9-4-7-16-11(9)12(15)14-5-2-10(8-13)3-6-14/h4,7,10H,2-3,5-6,8,13H2,1H3. The number of amides is 1. The molecule has 2 rings (SSSR count). The molecule has 4 heteroatoms. The van der Waals surface area contributed by atoms with Crippen LogP contribution in [0.4, 0.5) is 0 Å². The van der Waals surface area contributed by atoms with Crippen molar-refractivity contribution in [2.24, 2.45) is 11.7 Å². The van der Waals surface area contributed by atoms with Gasteiger partial charge in [-0.1, -0.05) is 0 Å². The topological polar surface area (TPSA) is 59.5 Å². The smallest absolute Gasteiger partial charge is 0.289 e. The molecule has 16 heavy (non-hydrogen) atoms. The SMILES string of the molecule is Cc1ccoc1C(=O)N1CCC(CN)CC1. The predicted molar refractivity (Wildman–Crippen MR) is 61.1 cm³/mol. The molecule has 0 radical (unpaired) electrons. The Balaban J connectivity index is 2.00. The molecule has 88 valence electrons. The molecule has 1 saturated heterocycles. The zero-order valence-corrected chi connectivity index (χ0v) is 9.61. The van der Waals surface area contributed by atoms with Crippen LogP contribution in [0.2, 0.25) is 0 Å². The van der Waals surface area contributed by atoms with E-state index < -0.39 is 0 Å². The Morgan fingerprint density at radius 2 is 2.25 bits per heavy atom. The van der Waals surface area contributed by atoms with Crippen LogP contribution in [0, 0.1) is 12.8 Å². The van der Waals surface area contributed by atoms with Crippen molar-refractivity contribution in [3.8, 4) is 0 Å². The number of piperidine rings is 1. The van der Waals surface area contributed by atoms with E-state index in [1.807, 2.05) is 17.9 Å². The van der Waals surface area contributed by atoms with E-state index in [1.54, 1.807) is 6.26 Å². The summed E-state index contributed by atoms with van der Waals surface area (Å²) in [6.07, 6.45) is 3.57. The maximum atomic E-state index is 12.1. The predicted octanol–water partition coefficient (Wildman–Crippen LogP) is 1.40. The molecule has 1 amide bonds. The van der Waals surface area contributed by atoms with E-state index in [2.05, 4.69) is 0 Å². The summed E-state index contributed by atoms with van der Waals surface area (Å²) >= 11 is 0. The molecule has 0 spiro atoms. The Morgan fingerprint density at radius 3 is 2.75 bits per heavy atom. The number of aryl methyl sites for hydroxylation is 1. The minimum atomic E-state index is 0.0120. The Hall–Kier alpha value is -1.29. The van der Waals surface area contributed by atoms with Gasteiger partial charge in [-0.2, -0.15) is 0 Å². The molecule has 0 aromatic carbocycles. The average molecular weight is 222 g/mol. The van der Waals surface area contributed by atoms with Gasteiger partial charge in [0.1, 0.15) is 0 Å². The van der Waals surface area contributed by atoms with Crippen molar-refractivity contribution >= 4 is 5.91 Å². The van der Waals surface area contributed by atoms with Gasteiger partial charge in [-0.05, 0) is 38.3 Å². The summed E-state index contributed by atoms with van der Waals surface area (Å²) in [5.41, 5.74) is 6.53. The van der Waals surface area contributed by atoms with Crippen molar-refractivity contribution in [3.63, 3.8) is 0 Å². The van der Waals surface area contributed by atoms with Gasteiger partial charge < -0.3 is 15.1 Å². The molecule has 1 aromatic heterocycles. The van der Waals surface area contributed by atoms with E-state index in [-0.39, 0.29) is 5.91 Å². The molecule has 0 unspecified atom stereocenters. The number of carbonyl (C=O) groups excluding carboxylic acids is 1. The molecule has 0 atom stereocenters. The second kappa shape index (κ2) is 4.70. The van der Waals surface area contributed by atoms with Gasteiger partial charge in [0.05, 0.1) is 6.26 Å². The second-order valence-electron chi connectivity index (χ2n) is 4.40. The fourth-order valence-corrected chi connectivity index (χ4v) is 2.11. The summed E-state index contributed by atoms with van der Waals surface area (Å²) in [7, 11) is 0. The highest BCUT2D eigenvalue weighted by molar-refractivity contribution is 5.92. The summed E-state index contributed by atoms with van der Waals surface area (Å²) in [6.45, 7) is 4.20. The van der Waals surface area contributed by atoms with E-state index >= 15 is 0 Å². The second-order valence-corrected chi connectivity index (χ2v) is 4.40. The van der Waals surface area contributed by atoms with E-state index in [4.69, 9.17) is 10.2 Å². The van der Waals surface area contributed by atoms with Gasteiger partial charge >= 0.3 is 0 Å². The molecular weight excluding hydrogens is 204 g/mol. The van der Waals surface area contributed by atoms with Crippen LogP contribution in [0.1, 0.15) is 29.0 Å². The Labute approximate surface area is 95.4 Å². The van der Waals surface area contributed by atoms with Gasteiger partial charge in [-0.15, -0.1) is 0 Å². The summed E-state index contributed by atoms with van der Waals surface area (Å²) < 4.78 is 5.22. The lowest BCUT2D eigenvalue weighted by molar-refractivity contribution is 0.0660. The van der Waals surface area contributed by atoms with Crippen molar-refractivity contribution in [2.75, 3.05) is 19.6 Å². The van der Waals surface area contributed by atoms with Crippen molar-refractivity contribution < 1.29 is 9.21 Å². The third-order valence-corrected chi connectivity index (χ3v) is 3.29. The van der Waals surface area contributed by atoms with Crippen LogP contribution in [0.5, 0.6) is 0 Å². The number of hydrogen-bond acceptors (Lipinski definition) is 3. The molecule has 2 heterocycles. The van der Waals surface area contributed by atoms with Gasteiger partial charge in [0.2, 0.25) is 0 Å².